The zero-order valence-corrected chi connectivity index (χ0v) is 12.6. The number of hydrogen-bond acceptors (Lipinski definition) is 2. The van der Waals surface area contributed by atoms with Crippen LogP contribution in [0.15, 0.2) is 30.3 Å². The lowest BCUT2D eigenvalue weighted by molar-refractivity contribution is -0.155. The number of esters is 1. The van der Waals surface area contributed by atoms with Gasteiger partial charge in [-0.25, -0.2) is 0 Å². The average Bonchev–Trinajstić information content (AvgIpc) is 2.34. The third kappa shape index (κ3) is 5.06. The lowest BCUT2D eigenvalue weighted by atomic mass is 9.88. The molecule has 0 radical (unpaired) electrons. The topological polar surface area (TPSA) is 26.3 Å². The van der Waals surface area contributed by atoms with Crippen LogP contribution in [0.1, 0.15) is 32.3 Å². The third-order valence-electron chi connectivity index (χ3n) is 2.70. The summed E-state index contributed by atoms with van der Waals surface area (Å²) in [7, 11) is 0. The standard InChI is InChI=1S/C14H19IO2/c1-14(2,9-6-10-15)13(16)17-11-12-7-4-3-5-8-12/h3-5,7-8H,6,9-11H2,1-2H3. The molecule has 2 nitrogen and oxygen atoms in total. The molecule has 17 heavy (non-hydrogen) atoms. The minimum absolute atomic E-state index is 0.105. The zero-order valence-electron chi connectivity index (χ0n) is 10.4. The molecule has 3 heteroatoms. The van der Waals surface area contributed by atoms with E-state index in [1.165, 1.54) is 0 Å². The van der Waals surface area contributed by atoms with E-state index in [1.807, 2.05) is 44.2 Å². The Hall–Kier alpha value is -0.580. The van der Waals surface area contributed by atoms with Crippen LogP contribution in [-0.2, 0) is 16.1 Å². The number of carbonyl (C=O) groups excluding carboxylic acids is 1. The molecule has 0 heterocycles. The molecule has 1 rings (SSSR count). The van der Waals surface area contributed by atoms with Gasteiger partial charge in [0, 0.05) is 0 Å². The van der Waals surface area contributed by atoms with E-state index in [0.717, 1.165) is 22.8 Å². The summed E-state index contributed by atoms with van der Waals surface area (Å²) in [6, 6.07) is 9.78. The molecule has 0 bridgehead atoms. The van der Waals surface area contributed by atoms with Crippen molar-refractivity contribution >= 4 is 28.6 Å². The Morgan fingerprint density at radius 3 is 2.53 bits per heavy atom. The molecule has 0 aliphatic carbocycles. The Morgan fingerprint density at radius 2 is 1.94 bits per heavy atom. The Kier molecular flexibility index (Phi) is 5.95. The van der Waals surface area contributed by atoms with Crippen molar-refractivity contribution in [3.8, 4) is 0 Å². The fourth-order valence-corrected chi connectivity index (χ4v) is 1.91. The normalized spacial score (nSPS) is 11.2. The highest BCUT2D eigenvalue weighted by atomic mass is 127. The predicted molar refractivity (Wildman–Crippen MR) is 78.1 cm³/mol. The molecule has 1 aromatic carbocycles. The van der Waals surface area contributed by atoms with E-state index in [0.29, 0.717) is 6.61 Å². The monoisotopic (exact) mass is 346 g/mol. The maximum atomic E-state index is 11.9. The average molecular weight is 346 g/mol. The summed E-state index contributed by atoms with van der Waals surface area (Å²) >= 11 is 2.33. The van der Waals surface area contributed by atoms with Gasteiger partial charge in [-0.3, -0.25) is 4.79 Å². The number of halogens is 1. The van der Waals surface area contributed by atoms with E-state index in [9.17, 15) is 4.79 Å². The molecule has 0 amide bonds. The number of benzene rings is 1. The molecule has 94 valence electrons. The molecule has 1 aromatic rings. The van der Waals surface area contributed by atoms with Crippen molar-refractivity contribution in [1.82, 2.24) is 0 Å². The van der Waals surface area contributed by atoms with Crippen LogP contribution in [0.3, 0.4) is 0 Å². The van der Waals surface area contributed by atoms with E-state index in [2.05, 4.69) is 22.6 Å². The second-order valence-corrected chi connectivity index (χ2v) is 5.82. The van der Waals surface area contributed by atoms with Gasteiger partial charge < -0.3 is 4.74 Å². The number of carbonyl (C=O) groups is 1. The fourth-order valence-electron chi connectivity index (χ4n) is 1.53. The molecule has 0 saturated carbocycles. The molecule has 0 aliphatic heterocycles. The van der Waals surface area contributed by atoms with Gasteiger partial charge >= 0.3 is 5.97 Å². The lowest BCUT2D eigenvalue weighted by Gasteiger charge is -2.22. The highest BCUT2D eigenvalue weighted by Crippen LogP contribution is 2.25. The lowest BCUT2D eigenvalue weighted by Crippen LogP contribution is -2.26. The molecule has 0 aliphatic rings. The van der Waals surface area contributed by atoms with Crippen LogP contribution < -0.4 is 0 Å². The Morgan fingerprint density at radius 1 is 1.29 bits per heavy atom. The van der Waals surface area contributed by atoms with Gasteiger partial charge in [-0.1, -0.05) is 52.9 Å². The van der Waals surface area contributed by atoms with Crippen molar-refractivity contribution in [2.24, 2.45) is 5.41 Å². The summed E-state index contributed by atoms with van der Waals surface area (Å²) < 4.78 is 6.43. The van der Waals surface area contributed by atoms with Crippen molar-refractivity contribution < 1.29 is 9.53 Å². The minimum atomic E-state index is -0.375. The third-order valence-corrected chi connectivity index (χ3v) is 3.46. The molecular formula is C14H19IO2. The first-order valence-electron chi connectivity index (χ1n) is 5.83. The molecule has 0 unspecified atom stereocenters. The summed E-state index contributed by atoms with van der Waals surface area (Å²) in [5.41, 5.74) is 0.658. The minimum Gasteiger partial charge on any atom is -0.460 e. The SMILES string of the molecule is CC(C)(CCCI)C(=O)OCc1ccccc1. The first kappa shape index (κ1) is 14.5. The Balaban J connectivity index is 2.44. The molecule has 0 N–H and O–H groups in total. The van der Waals surface area contributed by atoms with Gasteiger partial charge in [-0.2, -0.15) is 0 Å². The van der Waals surface area contributed by atoms with Crippen molar-refractivity contribution in [2.75, 3.05) is 4.43 Å². The fraction of sp³-hybridized carbons (Fsp3) is 0.500. The number of rotatable bonds is 6. The molecule has 0 atom stereocenters. The quantitative estimate of drug-likeness (QED) is 0.443. The smallest absolute Gasteiger partial charge is 0.311 e. The Labute approximate surface area is 117 Å². The molecular weight excluding hydrogens is 327 g/mol. The summed E-state index contributed by atoms with van der Waals surface area (Å²) in [6.07, 6.45) is 1.93. The highest BCUT2D eigenvalue weighted by molar-refractivity contribution is 14.1. The van der Waals surface area contributed by atoms with Crippen molar-refractivity contribution in [3.63, 3.8) is 0 Å². The summed E-state index contributed by atoms with van der Waals surface area (Å²) in [5, 5.41) is 0. The van der Waals surface area contributed by atoms with Gasteiger partial charge in [0.15, 0.2) is 0 Å². The number of ether oxygens (including phenoxy) is 1. The van der Waals surface area contributed by atoms with Gasteiger partial charge in [0.2, 0.25) is 0 Å². The summed E-state index contributed by atoms with van der Waals surface area (Å²) in [6.45, 7) is 4.27. The molecule has 0 aromatic heterocycles. The second kappa shape index (κ2) is 6.99. The van der Waals surface area contributed by atoms with Crippen LogP contribution >= 0.6 is 22.6 Å². The van der Waals surface area contributed by atoms with Crippen molar-refractivity contribution in [1.29, 1.82) is 0 Å². The van der Waals surface area contributed by atoms with Gasteiger partial charge in [0.1, 0.15) is 6.61 Å². The zero-order chi connectivity index (χ0) is 12.7. The molecule has 0 saturated heterocycles. The molecule has 0 fully saturated rings. The first-order valence-corrected chi connectivity index (χ1v) is 7.36. The van der Waals surface area contributed by atoms with Crippen LogP contribution in [0.25, 0.3) is 0 Å². The predicted octanol–water partition coefficient (Wildman–Crippen LogP) is 3.97. The second-order valence-electron chi connectivity index (χ2n) is 4.74. The van der Waals surface area contributed by atoms with Crippen LogP contribution in [0.5, 0.6) is 0 Å². The van der Waals surface area contributed by atoms with E-state index < -0.39 is 0 Å². The van der Waals surface area contributed by atoms with E-state index in [4.69, 9.17) is 4.74 Å². The summed E-state index contributed by atoms with van der Waals surface area (Å²) in [4.78, 5) is 11.9. The van der Waals surface area contributed by atoms with Crippen molar-refractivity contribution in [2.45, 2.75) is 33.3 Å². The van der Waals surface area contributed by atoms with E-state index in [1.54, 1.807) is 0 Å². The highest BCUT2D eigenvalue weighted by Gasteiger charge is 2.28. The van der Waals surface area contributed by atoms with Crippen molar-refractivity contribution in [3.05, 3.63) is 35.9 Å². The largest absolute Gasteiger partial charge is 0.460 e. The van der Waals surface area contributed by atoms with Gasteiger partial charge in [0.05, 0.1) is 5.41 Å². The van der Waals surface area contributed by atoms with Gasteiger partial charge in [-0.05, 0) is 36.7 Å². The van der Waals surface area contributed by atoms with Crippen LogP contribution in [-0.4, -0.2) is 10.4 Å². The number of alkyl halides is 1. The number of hydrogen-bond donors (Lipinski definition) is 0. The van der Waals surface area contributed by atoms with Crippen LogP contribution in [0.2, 0.25) is 0 Å². The maximum Gasteiger partial charge on any atom is 0.311 e. The van der Waals surface area contributed by atoms with E-state index in [-0.39, 0.29) is 11.4 Å². The molecule has 0 spiro atoms. The van der Waals surface area contributed by atoms with Gasteiger partial charge in [-0.15, -0.1) is 0 Å². The Bertz CT molecular complexity index is 346. The van der Waals surface area contributed by atoms with Crippen LogP contribution in [0, 0.1) is 5.41 Å². The van der Waals surface area contributed by atoms with Gasteiger partial charge in [0.25, 0.3) is 0 Å². The maximum absolute atomic E-state index is 11.9. The first-order chi connectivity index (χ1) is 8.06. The van der Waals surface area contributed by atoms with Crippen LogP contribution in [0.4, 0.5) is 0 Å². The summed E-state index contributed by atoms with van der Waals surface area (Å²) in [5.74, 6) is -0.105. The van der Waals surface area contributed by atoms with E-state index >= 15 is 0 Å².